The average molecular weight is 468 g/mol. The molecular weight excluding hydrogens is 438 g/mol. The molecule has 180 valence electrons. The third-order valence-electron chi connectivity index (χ3n) is 5.74. The number of aromatic nitrogens is 3. The lowest BCUT2D eigenvalue weighted by molar-refractivity contribution is -0.124. The number of aryl methyl sites for hydroxylation is 1. The van der Waals surface area contributed by atoms with E-state index in [0.717, 1.165) is 24.2 Å². The second-order valence-corrected chi connectivity index (χ2v) is 8.20. The molecule has 1 aromatic heterocycles. The number of amides is 1. The predicted octanol–water partition coefficient (Wildman–Crippen LogP) is 1.88. The van der Waals surface area contributed by atoms with Crippen molar-refractivity contribution in [3.63, 3.8) is 0 Å². The minimum absolute atomic E-state index is 0.153. The fraction of sp³-hybridized carbons (Fsp3) is 0.478. The summed E-state index contributed by atoms with van der Waals surface area (Å²) >= 11 is 0. The Kier molecular flexibility index (Phi) is 6.62. The van der Waals surface area contributed by atoms with Crippen LogP contribution in [0.3, 0.4) is 0 Å². The van der Waals surface area contributed by atoms with E-state index in [2.05, 4.69) is 27.5 Å². The van der Waals surface area contributed by atoms with Crippen LogP contribution in [0.2, 0.25) is 0 Å². The van der Waals surface area contributed by atoms with Gasteiger partial charge in [0.15, 0.2) is 17.6 Å². The second-order valence-electron chi connectivity index (χ2n) is 8.20. The van der Waals surface area contributed by atoms with E-state index in [4.69, 9.17) is 14.6 Å². The lowest BCUT2D eigenvalue weighted by Gasteiger charge is -2.30. The Morgan fingerprint density at radius 3 is 2.76 bits per heavy atom. The van der Waals surface area contributed by atoms with Crippen LogP contribution in [0.5, 0.6) is 5.75 Å². The van der Waals surface area contributed by atoms with Crippen LogP contribution in [0.15, 0.2) is 28.3 Å². The number of esters is 1. The summed E-state index contributed by atoms with van der Waals surface area (Å²) in [5, 5.41) is 17.5. The third kappa shape index (κ3) is 4.25. The van der Waals surface area contributed by atoms with Gasteiger partial charge in [-0.3, -0.25) is 9.79 Å². The minimum atomic E-state index is -0.505. The zero-order valence-electron chi connectivity index (χ0n) is 20.0. The van der Waals surface area contributed by atoms with Gasteiger partial charge in [0.25, 0.3) is 5.91 Å². The van der Waals surface area contributed by atoms with Crippen molar-refractivity contribution in [1.82, 2.24) is 25.3 Å². The number of carbonyl (C=O) groups excluding carboxylic acids is 2. The van der Waals surface area contributed by atoms with E-state index in [-0.39, 0.29) is 24.2 Å². The molecule has 0 saturated heterocycles. The van der Waals surface area contributed by atoms with Gasteiger partial charge in [-0.2, -0.15) is 5.10 Å². The number of methoxy groups -OCH3 is 1. The van der Waals surface area contributed by atoms with E-state index in [1.165, 1.54) is 11.8 Å². The predicted molar refractivity (Wildman–Crippen MR) is 125 cm³/mol. The molecule has 0 spiro atoms. The largest absolute Gasteiger partial charge is 0.493 e. The van der Waals surface area contributed by atoms with E-state index < -0.39 is 12.0 Å². The number of ether oxygens (including phenoxy) is 2. The van der Waals surface area contributed by atoms with Crippen LogP contribution in [-0.4, -0.2) is 69.4 Å². The SMILES string of the molecule is CCCC1=NC(C)C2C(=O)NC(c3cc(Cn4nnc(C)c4C(=O)OC)ccc3OCC)=NN12. The summed E-state index contributed by atoms with van der Waals surface area (Å²) < 4.78 is 12.2. The summed E-state index contributed by atoms with van der Waals surface area (Å²) in [7, 11) is 1.32. The summed E-state index contributed by atoms with van der Waals surface area (Å²) in [5.74, 6) is 1.14. The molecule has 2 atom stereocenters. The van der Waals surface area contributed by atoms with Crippen molar-refractivity contribution < 1.29 is 19.1 Å². The van der Waals surface area contributed by atoms with Crippen molar-refractivity contribution >= 4 is 23.5 Å². The maximum absolute atomic E-state index is 13.0. The average Bonchev–Trinajstić information content (AvgIpc) is 3.34. The van der Waals surface area contributed by atoms with E-state index in [1.54, 1.807) is 11.9 Å². The van der Waals surface area contributed by atoms with Gasteiger partial charge in [-0.25, -0.2) is 14.5 Å². The van der Waals surface area contributed by atoms with Gasteiger partial charge in [-0.1, -0.05) is 18.2 Å². The molecule has 0 aliphatic carbocycles. The molecule has 4 rings (SSSR count). The van der Waals surface area contributed by atoms with Crippen molar-refractivity contribution in [1.29, 1.82) is 0 Å². The number of carbonyl (C=O) groups is 2. The number of hydrogen-bond acceptors (Lipinski definition) is 9. The Labute approximate surface area is 197 Å². The number of rotatable bonds is 8. The van der Waals surface area contributed by atoms with Gasteiger partial charge in [0, 0.05) is 6.42 Å². The summed E-state index contributed by atoms with van der Waals surface area (Å²) in [5.41, 5.74) is 2.23. The highest BCUT2D eigenvalue weighted by molar-refractivity contribution is 6.13. The Morgan fingerprint density at radius 1 is 1.26 bits per heavy atom. The summed E-state index contributed by atoms with van der Waals surface area (Å²) in [6.07, 6.45) is 1.64. The van der Waals surface area contributed by atoms with Crippen LogP contribution in [0.4, 0.5) is 0 Å². The quantitative estimate of drug-likeness (QED) is 0.588. The van der Waals surface area contributed by atoms with Crippen molar-refractivity contribution in [2.45, 2.75) is 59.2 Å². The molecule has 0 fully saturated rings. The normalized spacial score (nSPS) is 19.3. The first-order valence-electron chi connectivity index (χ1n) is 11.4. The van der Waals surface area contributed by atoms with Gasteiger partial charge in [0.2, 0.25) is 0 Å². The molecule has 2 aliphatic heterocycles. The highest BCUT2D eigenvalue weighted by atomic mass is 16.5. The number of hydrogen-bond donors (Lipinski definition) is 1. The lowest BCUT2D eigenvalue weighted by atomic mass is 10.1. The Balaban J connectivity index is 1.72. The van der Waals surface area contributed by atoms with Crippen LogP contribution in [0, 0.1) is 6.92 Å². The molecule has 1 amide bonds. The van der Waals surface area contributed by atoms with Gasteiger partial charge in [0.05, 0.1) is 37.6 Å². The molecule has 1 N–H and O–H groups in total. The van der Waals surface area contributed by atoms with E-state index >= 15 is 0 Å². The fourth-order valence-corrected chi connectivity index (χ4v) is 4.20. The molecule has 3 heterocycles. The van der Waals surface area contributed by atoms with Gasteiger partial charge >= 0.3 is 5.97 Å². The highest BCUT2D eigenvalue weighted by Gasteiger charge is 2.42. The van der Waals surface area contributed by atoms with Crippen LogP contribution < -0.4 is 10.1 Å². The van der Waals surface area contributed by atoms with Crippen molar-refractivity contribution in [2.24, 2.45) is 10.1 Å². The van der Waals surface area contributed by atoms with E-state index in [1.807, 2.05) is 32.0 Å². The van der Waals surface area contributed by atoms with Gasteiger partial charge in [-0.15, -0.1) is 5.10 Å². The molecule has 2 unspecified atom stereocenters. The number of amidine groups is 2. The first-order chi connectivity index (χ1) is 16.4. The third-order valence-corrected chi connectivity index (χ3v) is 5.74. The smallest absolute Gasteiger partial charge is 0.358 e. The monoisotopic (exact) mass is 467 g/mol. The Hall–Kier alpha value is -3.76. The number of nitrogens with one attached hydrogen (secondary N) is 1. The molecule has 11 nitrogen and oxygen atoms in total. The topological polar surface area (TPSA) is 123 Å². The molecule has 0 bridgehead atoms. The van der Waals surface area contributed by atoms with Gasteiger partial charge in [0.1, 0.15) is 11.6 Å². The maximum atomic E-state index is 13.0. The summed E-state index contributed by atoms with van der Waals surface area (Å²) in [4.78, 5) is 29.8. The van der Waals surface area contributed by atoms with Crippen molar-refractivity contribution in [2.75, 3.05) is 13.7 Å². The second kappa shape index (κ2) is 9.62. The first-order valence-corrected chi connectivity index (χ1v) is 11.4. The van der Waals surface area contributed by atoms with Crippen LogP contribution in [0.1, 0.15) is 60.9 Å². The highest BCUT2D eigenvalue weighted by Crippen LogP contribution is 2.28. The Morgan fingerprint density at radius 2 is 2.06 bits per heavy atom. The molecule has 0 saturated carbocycles. The molecular formula is C23H29N7O4. The molecule has 1 aromatic carbocycles. The molecule has 2 aromatic rings. The van der Waals surface area contributed by atoms with E-state index in [0.29, 0.717) is 29.4 Å². The van der Waals surface area contributed by atoms with Crippen LogP contribution in [-0.2, 0) is 16.1 Å². The van der Waals surface area contributed by atoms with Crippen LogP contribution in [0.25, 0.3) is 0 Å². The first kappa shape index (κ1) is 23.4. The summed E-state index contributed by atoms with van der Waals surface area (Å²) in [6, 6.07) is 4.95. The number of fused-ring (bicyclic) bond motifs is 1. The fourth-order valence-electron chi connectivity index (χ4n) is 4.20. The van der Waals surface area contributed by atoms with Crippen LogP contribution >= 0.6 is 0 Å². The number of hydrazone groups is 1. The number of benzene rings is 1. The number of nitrogens with zero attached hydrogens (tertiary/aromatic N) is 6. The maximum Gasteiger partial charge on any atom is 0.358 e. The van der Waals surface area contributed by atoms with Crippen molar-refractivity contribution in [3.8, 4) is 5.75 Å². The Bertz CT molecular complexity index is 1170. The molecule has 2 aliphatic rings. The summed E-state index contributed by atoms with van der Waals surface area (Å²) in [6.45, 7) is 8.32. The molecule has 0 radical (unpaired) electrons. The van der Waals surface area contributed by atoms with Gasteiger partial charge < -0.3 is 14.8 Å². The molecule has 11 heteroatoms. The standard InChI is InChI=1S/C23H29N7O4/c1-6-8-18-24-13(3)19-22(31)25-21(27-30(18)19)16-11-15(9-10-17(16)34-7-2)12-29-20(23(32)33-5)14(4)26-28-29/h9-11,13,19H,6-8,12H2,1-5H3,(H,25,27,31). The lowest BCUT2D eigenvalue weighted by Crippen LogP contribution is -2.54. The molecule has 34 heavy (non-hydrogen) atoms. The van der Waals surface area contributed by atoms with E-state index in [9.17, 15) is 9.59 Å². The zero-order valence-corrected chi connectivity index (χ0v) is 20.0. The van der Waals surface area contributed by atoms with Crippen molar-refractivity contribution in [3.05, 3.63) is 40.7 Å². The minimum Gasteiger partial charge on any atom is -0.493 e. The number of aliphatic imine (C=N–C) groups is 1. The van der Waals surface area contributed by atoms with Gasteiger partial charge in [-0.05, 0) is 44.9 Å². The zero-order chi connectivity index (χ0) is 24.4.